The summed E-state index contributed by atoms with van der Waals surface area (Å²) >= 11 is 11.9. The Kier molecular flexibility index (Phi) is 3.05. The second-order valence-electron chi connectivity index (χ2n) is 4.26. The van der Waals surface area contributed by atoms with Gasteiger partial charge < -0.3 is 5.32 Å². The average molecular weight is 290 g/mol. The highest BCUT2D eigenvalue weighted by Crippen LogP contribution is 2.29. The fourth-order valence-electron chi connectivity index (χ4n) is 2.06. The van der Waals surface area contributed by atoms with E-state index in [1.165, 1.54) is 0 Å². The summed E-state index contributed by atoms with van der Waals surface area (Å²) in [6.45, 7) is 0. The maximum absolute atomic E-state index is 12.2. The molecule has 0 saturated carbocycles. The van der Waals surface area contributed by atoms with E-state index in [9.17, 15) is 4.79 Å². The van der Waals surface area contributed by atoms with Crippen LogP contribution in [0.25, 0.3) is 6.08 Å². The summed E-state index contributed by atoms with van der Waals surface area (Å²) in [6.07, 6.45) is 1.75. The first kappa shape index (κ1) is 12.3. The van der Waals surface area contributed by atoms with Crippen molar-refractivity contribution in [1.82, 2.24) is 0 Å². The number of Topliss-reactive ketones (excluding diaryl/α,β-unsaturated/α-hetero) is 1. The molecule has 0 aromatic heterocycles. The van der Waals surface area contributed by atoms with Gasteiger partial charge in [-0.05, 0) is 42.0 Å². The lowest BCUT2D eigenvalue weighted by atomic mass is 10.1. The van der Waals surface area contributed by atoms with Crippen molar-refractivity contribution < 1.29 is 4.79 Å². The van der Waals surface area contributed by atoms with Crippen LogP contribution in [-0.2, 0) is 0 Å². The van der Waals surface area contributed by atoms with Gasteiger partial charge >= 0.3 is 0 Å². The van der Waals surface area contributed by atoms with Crippen molar-refractivity contribution in [2.75, 3.05) is 5.32 Å². The van der Waals surface area contributed by atoms with Gasteiger partial charge in [0.25, 0.3) is 0 Å². The molecule has 3 rings (SSSR count). The molecule has 0 saturated heterocycles. The zero-order chi connectivity index (χ0) is 13.4. The molecule has 1 aliphatic rings. The third-order valence-electron chi connectivity index (χ3n) is 2.88. The Labute approximate surface area is 120 Å². The molecule has 0 radical (unpaired) electrons. The Hall–Kier alpha value is -1.77. The van der Waals surface area contributed by atoms with Crippen molar-refractivity contribution in [3.63, 3.8) is 0 Å². The van der Waals surface area contributed by atoms with Crippen molar-refractivity contribution in [2.45, 2.75) is 0 Å². The fourth-order valence-corrected chi connectivity index (χ4v) is 2.61. The molecule has 1 N–H and O–H groups in total. The number of benzene rings is 2. The van der Waals surface area contributed by atoms with Gasteiger partial charge in [0, 0.05) is 21.3 Å². The van der Waals surface area contributed by atoms with Gasteiger partial charge in [0.1, 0.15) is 0 Å². The molecule has 0 fully saturated rings. The van der Waals surface area contributed by atoms with Gasteiger partial charge in [0.05, 0.1) is 5.70 Å². The highest BCUT2D eigenvalue weighted by Gasteiger charge is 2.23. The molecule has 0 atom stereocenters. The van der Waals surface area contributed by atoms with Crippen LogP contribution < -0.4 is 5.32 Å². The van der Waals surface area contributed by atoms with E-state index in [0.29, 0.717) is 21.3 Å². The van der Waals surface area contributed by atoms with E-state index in [-0.39, 0.29) is 5.78 Å². The SMILES string of the molecule is O=C1/C(=C\c2cc(Cl)cc(Cl)c2)Nc2ccccc21. The lowest BCUT2D eigenvalue weighted by Crippen LogP contribution is -1.99. The van der Waals surface area contributed by atoms with Gasteiger partial charge in [-0.15, -0.1) is 0 Å². The van der Waals surface area contributed by atoms with Gasteiger partial charge in [-0.2, -0.15) is 0 Å². The fraction of sp³-hybridized carbons (Fsp3) is 0. The van der Waals surface area contributed by atoms with Crippen LogP contribution in [0.2, 0.25) is 10.0 Å². The monoisotopic (exact) mass is 289 g/mol. The second kappa shape index (κ2) is 4.72. The predicted molar refractivity (Wildman–Crippen MR) is 78.8 cm³/mol. The lowest BCUT2D eigenvalue weighted by molar-refractivity contribution is 0.104. The van der Waals surface area contributed by atoms with E-state index in [4.69, 9.17) is 23.2 Å². The normalized spacial score (nSPS) is 15.5. The van der Waals surface area contributed by atoms with Gasteiger partial charge in [-0.3, -0.25) is 4.79 Å². The van der Waals surface area contributed by atoms with Crippen LogP contribution in [0.1, 0.15) is 15.9 Å². The maximum atomic E-state index is 12.2. The van der Waals surface area contributed by atoms with Crippen molar-refractivity contribution in [3.05, 3.63) is 69.3 Å². The number of carbonyl (C=O) groups is 1. The minimum absolute atomic E-state index is 0.0216. The van der Waals surface area contributed by atoms with E-state index >= 15 is 0 Å². The molecular formula is C15H9Cl2NO. The Morgan fingerprint density at radius 3 is 2.37 bits per heavy atom. The first-order chi connectivity index (χ1) is 9.13. The van der Waals surface area contributed by atoms with Crippen molar-refractivity contribution in [1.29, 1.82) is 0 Å². The van der Waals surface area contributed by atoms with Crippen LogP contribution in [0.5, 0.6) is 0 Å². The van der Waals surface area contributed by atoms with Gasteiger partial charge in [-0.1, -0.05) is 35.3 Å². The molecule has 1 aliphatic heterocycles. The van der Waals surface area contributed by atoms with E-state index in [1.807, 2.05) is 18.2 Å². The Morgan fingerprint density at radius 2 is 1.68 bits per heavy atom. The average Bonchev–Trinajstić information content (AvgIpc) is 2.66. The molecule has 0 spiro atoms. The highest BCUT2D eigenvalue weighted by molar-refractivity contribution is 6.34. The summed E-state index contributed by atoms with van der Waals surface area (Å²) in [5.41, 5.74) is 2.83. The highest BCUT2D eigenvalue weighted by atomic mass is 35.5. The third kappa shape index (κ3) is 2.37. The van der Waals surface area contributed by atoms with Crippen LogP contribution in [0.15, 0.2) is 48.2 Å². The molecule has 0 aliphatic carbocycles. The molecule has 2 nitrogen and oxygen atoms in total. The van der Waals surface area contributed by atoms with Crippen LogP contribution in [0.3, 0.4) is 0 Å². The Balaban J connectivity index is 2.01. The molecule has 0 bridgehead atoms. The van der Waals surface area contributed by atoms with E-state index < -0.39 is 0 Å². The molecule has 94 valence electrons. The van der Waals surface area contributed by atoms with Crippen molar-refractivity contribution >= 4 is 40.7 Å². The maximum Gasteiger partial charge on any atom is 0.211 e. The Morgan fingerprint density at radius 1 is 1.00 bits per heavy atom. The van der Waals surface area contributed by atoms with Gasteiger partial charge in [0.2, 0.25) is 5.78 Å². The molecule has 0 amide bonds. The lowest BCUT2D eigenvalue weighted by Gasteiger charge is -2.00. The molecule has 0 unspecified atom stereocenters. The predicted octanol–water partition coefficient (Wildman–Crippen LogP) is 4.64. The number of allylic oxidation sites excluding steroid dienone is 1. The molecule has 19 heavy (non-hydrogen) atoms. The number of hydrogen-bond acceptors (Lipinski definition) is 2. The van der Waals surface area contributed by atoms with Crippen molar-refractivity contribution in [3.8, 4) is 0 Å². The number of ketones is 1. The summed E-state index contributed by atoms with van der Waals surface area (Å²) in [7, 11) is 0. The molecule has 4 heteroatoms. The Bertz CT molecular complexity index is 687. The number of carbonyl (C=O) groups excluding carboxylic acids is 1. The summed E-state index contributed by atoms with van der Waals surface area (Å²) in [5, 5.41) is 4.18. The van der Waals surface area contributed by atoms with E-state index in [1.54, 1.807) is 30.3 Å². The first-order valence-corrected chi connectivity index (χ1v) is 6.47. The molecular weight excluding hydrogens is 281 g/mol. The van der Waals surface area contributed by atoms with Crippen LogP contribution in [-0.4, -0.2) is 5.78 Å². The summed E-state index contributed by atoms with van der Waals surface area (Å²) < 4.78 is 0. The summed E-state index contributed by atoms with van der Waals surface area (Å²) in [4.78, 5) is 12.2. The number of rotatable bonds is 1. The van der Waals surface area contributed by atoms with E-state index in [2.05, 4.69) is 5.32 Å². The smallest absolute Gasteiger partial charge is 0.211 e. The van der Waals surface area contributed by atoms with Gasteiger partial charge in [0.15, 0.2) is 0 Å². The largest absolute Gasteiger partial charge is 0.352 e. The van der Waals surface area contributed by atoms with E-state index in [0.717, 1.165) is 11.3 Å². The number of anilines is 1. The zero-order valence-corrected chi connectivity index (χ0v) is 11.3. The van der Waals surface area contributed by atoms with Crippen LogP contribution in [0.4, 0.5) is 5.69 Å². The van der Waals surface area contributed by atoms with Crippen LogP contribution in [0, 0.1) is 0 Å². The summed E-state index contributed by atoms with van der Waals surface area (Å²) in [5.74, 6) is -0.0216. The van der Waals surface area contributed by atoms with Gasteiger partial charge in [-0.25, -0.2) is 0 Å². The number of nitrogens with one attached hydrogen (secondary N) is 1. The standard InChI is InChI=1S/C15H9Cl2NO/c16-10-5-9(6-11(17)8-10)7-14-15(19)12-3-1-2-4-13(12)18-14/h1-8,18H/b14-7+. The molecule has 1 heterocycles. The third-order valence-corrected chi connectivity index (χ3v) is 3.32. The number of halogens is 2. The minimum Gasteiger partial charge on any atom is -0.352 e. The second-order valence-corrected chi connectivity index (χ2v) is 5.13. The molecule has 2 aromatic rings. The number of para-hydroxylation sites is 1. The zero-order valence-electron chi connectivity index (χ0n) is 9.78. The first-order valence-electron chi connectivity index (χ1n) is 5.72. The van der Waals surface area contributed by atoms with Crippen molar-refractivity contribution in [2.24, 2.45) is 0 Å². The minimum atomic E-state index is -0.0216. The van der Waals surface area contributed by atoms with Crippen LogP contribution >= 0.6 is 23.2 Å². The number of hydrogen-bond donors (Lipinski definition) is 1. The quantitative estimate of drug-likeness (QED) is 0.775. The number of fused-ring (bicyclic) bond motifs is 1. The molecule has 2 aromatic carbocycles. The topological polar surface area (TPSA) is 29.1 Å². The summed E-state index contributed by atoms with van der Waals surface area (Å²) in [6, 6.07) is 12.6.